The lowest BCUT2D eigenvalue weighted by Crippen LogP contribution is -2.29. The van der Waals surface area contributed by atoms with Crippen LogP contribution in [0.25, 0.3) is 10.8 Å². The number of benzene rings is 3. The molecule has 0 radical (unpaired) electrons. The van der Waals surface area contributed by atoms with E-state index in [4.69, 9.17) is 33.2 Å². The zero-order chi connectivity index (χ0) is 28.0. The van der Waals surface area contributed by atoms with Gasteiger partial charge in [-0.05, 0) is 12.1 Å². The third-order valence-electron chi connectivity index (χ3n) is 5.34. The monoisotopic (exact) mass is 536 g/mol. The Morgan fingerprint density at radius 1 is 0.718 bits per heavy atom. The topological polar surface area (TPSA) is 98.8 Å². The fourth-order valence-electron chi connectivity index (χ4n) is 3.64. The normalized spacial score (nSPS) is 12.2. The van der Waals surface area contributed by atoms with Crippen molar-refractivity contribution in [2.45, 2.75) is 12.2 Å². The van der Waals surface area contributed by atoms with Crippen LogP contribution in [0.1, 0.15) is 0 Å². The van der Waals surface area contributed by atoms with Gasteiger partial charge >= 0.3 is 11.9 Å². The predicted molar refractivity (Wildman–Crippen MR) is 145 cm³/mol. The zero-order valence-electron chi connectivity index (χ0n) is 22.0. The van der Waals surface area contributed by atoms with Gasteiger partial charge in [0.1, 0.15) is 24.7 Å². The minimum Gasteiger partial charge on any atom is -0.489 e. The number of hydrogen-bond donors (Lipinski definition) is 0. The second-order valence-corrected chi connectivity index (χ2v) is 8.22. The number of carbonyl (C=O) groups excluding carboxylic acids is 2. The predicted octanol–water partition coefficient (Wildman–Crippen LogP) is 4.88. The summed E-state index contributed by atoms with van der Waals surface area (Å²) in [4.78, 5) is 23.5. The number of fused-ring (bicyclic) bond motifs is 1. The first-order chi connectivity index (χ1) is 19.0. The van der Waals surface area contributed by atoms with Crippen LogP contribution in [0.3, 0.4) is 0 Å². The molecule has 0 N–H and O–H groups in total. The summed E-state index contributed by atoms with van der Waals surface area (Å²) in [6.07, 6.45) is 0.813. The summed E-state index contributed by atoms with van der Waals surface area (Å²) in [6.45, 7) is 7.14. The summed E-state index contributed by atoms with van der Waals surface area (Å²) in [5.41, 5.74) is 0. The molecule has 0 fully saturated rings. The summed E-state index contributed by atoms with van der Waals surface area (Å²) in [5, 5.41) is 1.42. The Balaban J connectivity index is 1.99. The Morgan fingerprint density at radius 2 is 1.26 bits per heavy atom. The van der Waals surface area contributed by atoms with Gasteiger partial charge in [-0.3, -0.25) is 0 Å². The minimum absolute atomic E-state index is 0.00378. The Bertz CT molecular complexity index is 1260. The van der Waals surface area contributed by atoms with Crippen molar-refractivity contribution >= 4 is 22.7 Å². The van der Waals surface area contributed by atoms with Crippen molar-refractivity contribution < 1.29 is 42.7 Å². The van der Waals surface area contributed by atoms with Gasteiger partial charge in [-0.25, -0.2) is 9.59 Å². The number of esters is 2. The lowest BCUT2D eigenvalue weighted by molar-refractivity contribution is -0.148. The number of rotatable bonds is 16. The third kappa shape index (κ3) is 8.59. The first-order valence-electron chi connectivity index (χ1n) is 12.2. The number of para-hydroxylation sites is 1. The van der Waals surface area contributed by atoms with Crippen LogP contribution >= 0.6 is 0 Å². The van der Waals surface area contributed by atoms with Crippen molar-refractivity contribution in [2.24, 2.45) is 0 Å². The highest BCUT2D eigenvalue weighted by atomic mass is 16.6. The van der Waals surface area contributed by atoms with Gasteiger partial charge in [0.15, 0.2) is 23.7 Å². The molecule has 3 aromatic rings. The third-order valence-corrected chi connectivity index (χ3v) is 5.34. The molecule has 0 aliphatic carbocycles. The van der Waals surface area contributed by atoms with Crippen LogP contribution in [-0.4, -0.2) is 64.8 Å². The van der Waals surface area contributed by atoms with E-state index in [2.05, 4.69) is 13.2 Å². The van der Waals surface area contributed by atoms with E-state index in [0.29, 0.717) is 28.4 Å². The molecule has 0 bridgehead atoms. The molecule has 0 spiro atoms. The van der Waals surface area contributed by atoms with Crippen molar-refractivity contribution in [2.75, 3.05) is 40.6 Å². The molecule has 2 atom stereocenters. The van der Waals surface area contributed by atoms with Crippen molar-refractivity contribution in [3.63, 3.8) is 0 Å². The van der Waals surface area contributed by atoms with Crippen LogP contribution in [-0.2, 0) is 28.5 Å². The molecule has 0 saturated heterocycles. The van der Waals surface area contributed by atoms with E-state index in [0.717, 1.165) is 17.5 Å². The Morgan fingerprint density at radius 3 is 1.82 bits per heavy atom. The second-order valence-electron chi connectivity index (χ2n) is 8.22. The fourth-order valence-corrected chi connectivity index (χ4v) is 3.64. The summed E-state index contributed by atoms with van der Waals surface area (Å²) in [6, 6.07) is 18.3. The summed E-state index contributed by atoms with van der Waals surface area (Å²) >= 11 is 0. The molecule has 0 amide bonds. The SMILES string of the molecule is C=CC(=O)OC(COC)COc1cc(Oc2ccccc2)c(OCC(COC)OC(=O)C=C)c2ccccc12. The first-order valence-corrected chi connectivity index (χ1v) is 12.2. The standard InChI is InChI=1S/C30H32O9/c1-5-28(31)38-22(17-33-3)19-35-26-16-27(37-21-12-8-7-9-13-21)30(25-15-11-10-14-24(25)26)36-20-23(18-34-4)39-29(32)6-2/h5-16,22-23H,1-2,17-20H2,3-4H3. The lowest BCUT2D eigenvalue weighted by Gasteiger charge is -2.22. The van der Waals surface area contributed by atoms with Crippen molar-refractivity contribution in [3.05, 3.63) is 86.0 Å². The van der Waals surface area contributed by atoms with E-state index in [1.165, 1.54) is 14.2 Å². The summed E-state index contributed by atoms with van der Waals surface area (Å²) in [7, 11) is 3.01. The van der Waals surface area contributed by atoms with Crippen LogP contribution in [0.2, 0.25) is 0 Å². The van der Waals surface area contributed by atoms with Crippen LogP contribution < -0.4 is 14.2 Å². The van der Waals surface area contributed by atoms with Crippen molar-refractivity contribution in [1.29, 1.82) is 0 Å². The molecule has 0 heterocycles. The molecule has 9 nitrogen and oxygen atoms in total. The summed E-state index contributed by atoms with van der Waals surface area (Å²) in [5.74, 6) is 0.679. The van der Waals surface area contributed by atoms with E-state index in [1.54, 1.807) is 6.07 Å². The van der Waals surface area contributed by atoms with Crippen molar-refractivity contribution in [3.8, 4) is 23.0 Å². The van der Waals surface area contributed by atoms with E-state index in [-0.39, 0.29) is 26.4 Å². The summed E-state index contributed by atoms with van der Waals surface area (Å²) < 4.78 is 39.6. The molecule has 39 heavy (non-hydrogen) atoms. The highest BCUT2D eigenvalue weighted by Crippen LogP contribution is 2.43. The van der Waals surface area contributed by atoms with Gasteiger partial charge in [-0.15, -0.1) is 0 Å². The number of methoxy groups -OCH3 is 2. The molecule has 0 aromatic heterocycles. The average Bonchev–Trinajstić information content (AvgIpc) is 2.95. The van der Waals surface area contributed by atoms with Crippen LogP contribution in [0.5, 0.6) is 23.0 Å². The largest absolute Gasteiger partial charge is 0.489 e. The molecule has 0 aliphatic heterocycles. The van der Waals surface area contributed by atoms with Gasteiger partial charge in [-0.2, -0.15) is 0 Å². The number of carbonyl (C=O) groups is 2. The minimum atomic E-state index is -0.686. The van der Waals surface area contributed by atoms with Crippen LogP contribution in [0.4, 0.5) is 0 Å². The highest BCUT2D eigenvalue weighted by Gasteiger charge is 2.21. The van der Waals surface area contributed by atoms with E-state index >= 15 is 0 Å². The number of hydrogen-bond acceptors (Lipinski definition) is 9. The van der Waals surface area contributed by atoms with Gasteiger partial charge in [-0.1, -0.05) is 55.6 Å². The maximum atomic E-state index is 11.8. The maximum absolute atomic E-state index is 11.8. The Kier molecular flexibility index (Phi) is 11.4. The quantitative estimate of drug-likeness (QED) is 0.187. The van der Waals surface area contributed by atoms with E-state index in [1.807, 2.05) is 54.6 Å². The molecular weight excluding hydrogens is 504 g/mol. The Hall–Kier alpha value is -4.34. The molecule has 0 saturated carbocycles. The Labute approximate surface area is 227 Å². The molecule has 3 aromatic carbocycles. The van der Waals surface area contributed by atoms with Gasteiger partial charge in [0.25, 0.3) is 0 Å². The molecule has 206 valence electrons. The lowest BCUT2D eigenvalue weighted by atomic mass is 10.1. The number of ether oxygens (including phenoxy) is 7. The highest BCUT2D eigenvalue weighted by molar-refractivity contribution is 5.95. The molecule has 3 rings (SSSR count). The van der Waals surface area contributed by atoms with Gasteiger partial charge < -0.3 is 33.2 Å². The second kappa shape index (κ2) is 15.2. The molecule has 9 heteroatoms. The average molecular weight is 537 g/mol. The van der Waals surface area contributed by atoms with Gasteiger partial charge in [0.05, 0.1) is 13.2 Å². The smallest absolute Gasteiger partial charge is 0.330 e. The molecule has 2 unspecified atom stereocenters. The van der Waals surface area contributed by atoms with E-state index < -0.39 is 24.1 Å². The van der Waals surface area contributed by atoms with Gasteiger partial charge in [0, 0.05) is 43.2 Å². The first kappa shape index (κ1) is 29.2. The fraction of sp³-hybridized carbons (Fsp3) is 0.267. The van der Waals surface area contributed by atoms with Crippen molar-refractivity contribution in [1.82, 2.24) is 0 Å². The van der Waals surface area contributed by atoms with E-state index in [9.17, 15) is 9.59 Å². The molecule has 0 aliphatic rings. The zero-order valence-corrected chi connectivity index (χ0v) is 22.0. The molecular formula is C30H32O9. The van der Waals surface area contributed by atoms with Gasteiger partial charge in [0.2, 0.25) is 0 Å². The van der Waals surface area contributed by atoms with Crippen LogP contribution in [0.15, 0.2) is 86.0 Å². The maximum Gasteiger partial charge on any atom is 0.330 e. The van der Waals surface area contributed by atoms with Crippen LogP contribution in [0, 0.1) is 0 Å².